The number of nitro benzene ring substituents is 1. The number of aliphatic hydroxyl groups excluding tert-OH is 5. The Hall–Kier alpha value is -3.25. The summed E-state index contributed by atoms with van der Waals surface area (Å²) in [6, 6.07) is 1.97. The van der Waals surface area contributed by atoms with Gasteiger partial charge in [0.2, 0.25) is 11.4 Å². The SMILES string of the molecule is CCCCCCCCCCCCCC=C[C@@H](O)[C@H](CO[C@@H]1O[C@H](CO)[C@@H](O)[C@H](O)[C@H]1O)NC(=O)CCCCCNc1ccc([N+](=O)[O-])c2nonc12. The first kappa shape index (κ1) is 43.2. The molecule has 0 spiro atoms. The smallest absolute Gasteiger partial charge is 0.300 e. The Morgan fingerprint density at radius 1 is 0.942 bits per heavy atom. The van der Waals surface area contributed by atoms with Crippen LogP contribution in [0.25, 0.3) is 11.0 Å². The molecule has 7 N–H and O–H groups in total. The summed E-state index contributed by atoms with van der Waals surface area (Å²) in [5, 5.41) is 75.6. The van der Waals surface area contributed by atoms with Crippen molar-refractivity contribution in [3.8, 4) is 0 Å². The molecule has 7 atom stereocenters. The molecule has 1 aliphatic rings. The van der Waals surface area contributed by atoms with Crippen LogP contribution >= 0.6 is 0 Å². The molecule has 16 nitrogen and oxygen atoms in total. The number of fused-ring (bicyclic) bond motifs is 1. The number of rotatable bonds is 27. The number of unbranched alkanes of at least 4 members (excludes halogenated alkanes) is 13. The first-order valence-electron chi connectivity index (χ1n) is 18.9. The number of anilines is 1. The number of nitro groups is 1. The second-order valence-corrected chi connectivity index (χ2v) is 13.5. The van der Waals surface area contributed by atoms with Crippen LogP contribution in [0.5, 0.6) is 0 Å². The van der Waals surface area contributed by atoms with E-state index in [-0.39, 0.29) is 35.7 Å². The maximum Gasteiger partial charge on any atom is 0.300 e. The molecular formula is C36H59N5O11. The highest BCUT2D eigenvalue weighted by Crippen LogP contribution is 2.29. The number of hydrogen-bond acceptors (Lipinski definition) is 14. The van der Waals surface area contributed by atoms with Crippen LogP contribution in [0.1, 0.15) is 110 Å². The number of nitrogens with one attached hydrogen (secondary N) is 2. The topological polar surface area (TPSA) is 243 Å². The van der Waals surface area contributed by atoms with Gasteiger partial charge in [0.15, 0.2) is 11.8 Å². The Morgan fingerprint density at radius 3 is 2.27 bits per heavy atom. The zero-order valence-electron chi connectivity index (χ0n) is 30.3. The molecule has 16 heteroatoms. The number of aromatic nitrogens is 2. The second kappa shape index (κ2) is 24.1. The van der Waals surface area contributed by atoms with Crippen LogP contribution < -0.4 is 10.6 Å². The van der Waals surface area contributed by atoms with Crippen LogP contribution in [0.2, 0.25) is 0 Å². The van der Waals surface area contributed by atoms with Gasteiger partial charge in [-0.15, -0.1) is 0 Å². The van der Waals surface area contributed by atoms with E-state index in [1.807, 2.05) is 6.08 Å². The van der Waals surface area contributed by atoms with Crippen molar-refractivity contribution < 1.29 is 49.4 Å². The van der Waals surface area contributed by atoms with E-state index >= 15 is 0 Å². The first-order valence-corrected chi connectivity index (χ1v) is 18.9. The number of amides is 1. The number of carbonyl (C=O) groups is 1. The van der Waals surface area contributed by atoms with Crippen molar-refractivity contribution in [2.24, 2.45) is 0 Å². The summed E-state index contributed by atoms with van der Waals surface area (Å²) >= 11 is 0. The van der Waals surface area contributed by atoms with Crippen molar-refractivity contribution in [2.45, 2.75) is 153 Å². The summed E-state index contributed by atoms with van der Waals surface area (Å²) < 4.78 is 15.8. The van der Waals surface area contributed by atoms with Gasteiger partial charge >= 0.3 is 5.69 Å². The predicted octanol–water partition coefficient (Wildman–Crippen LogP) is 4.02. The van der Waals surface area contributed by atoms with E-state index in [0.29, 0.717) is 31.5 Å². The quantitative estimate of drug-likeness (QED) is 0.0297. The largest absolute Gasteiger partial charge is 0.394 e. The van der Waals surface area contributed by atoms with Crippen molar-refractivity contribution >= 4 is 28.3 Å². The Labute approximate surface area is 305 Å². The minimum atomic E-state index is -1.62. The minimum Gasteiger partial charge on any atom is -0.394 e. The fraction of sp³-hybridized carbons (Fsp3) is 0.750. The minimum absolute atomic E-state index is 0.0582. The molecule has 0 bridgehead atoms. The molecule has 2 aromatic rings. The summed E-state index contributed by atoms with van der Waals surface area (Å²) in [6.45, 7) is 1.86. The lowest BCUT2D eigenvalue weighted by atomic mass is 9.99. The number of aliphatic hydroxyl groups is 5. The molecule has 1 fully saturated rings. The molecule has 1 aromatic heterocycles. The highest BCUT2D eigenvalue weighted by atomic mass is 16.7. The highest BCUT2D eigenvalue weighted by Gasteiger charge is 2.44. The van der Waals surface area contributed by atoms with E-state index in [9.17, 15) is 40.4 Å². The summed E-state index contributed by atoms with van der Waals surface area (Å²) in [4.78, 5) is 23.6. The maximum atomic E-state index is 12.9. The number of nitrogens with zero attached hydrogens (tertiary/aromatic N) is 3. The van der Waals surface area contributed by atoms with Crippen molar-refractivity contribution in [3.05, 3.63) is 34.4 Å². The number of carbonyl (C=O) groups excluding carboxylic acids is 1. The summed E-state index contributed by atoms with van der Waals surface area (Å²) in [6.07, 6.45) is 11.5. The van der Waals surface area contributed by atoms with Gasteiger partial charge in [0.25, 0.3) is 0 Å². The van der Waals surface area contributed by atoms with E-state index in [4.69, 9.17) is 9.47 Å². The summed E-state index contributed by atoms with van der Waals surface area (Å²) in [7, 11) is 0. The molecular weight excluding hydrogens is 678 g/mol. The number of allylic oxidation sites excluding steroid dienone is 1. The van der Waals surface area contributed by atoms with E-state index in [1.54, 1.807) is 12.1 Å². The van der Waals surface area contributed by atoms with Crippen molar-refractivity contribution in [1.29, 1.82) is 0 Å². The number of benzene rings is 1. The fourth-order valence-corrected chi connectivity index (χ4v) is 6.16. The molecule has 1 aromatic carbocycles. The zero-order valence-corrected chi connectivity index (χ0v) is 30.3. The Balaban J connectivity index is 1.43. The summed E-state index contributed by atoms with van der Waals surface area (Å²) in [5.74, 6) is -0.320. The predicted molar refractivity (Wildman–Crippen MR) is 193 cm³/mol. The molecule has 52 heavy (non-hydrogen) atoms. The van der Waals surface area contributed by atoms with Gasteiger partial charge < -0.3 is 45.6 Å². The van der Waals surface area contributed by atoms with Gasteiger partial charge in [-0.3, -0.25) is 14.9 Å². The van der Waals surface area contributed by atoms with Gasteiger partial charge in [0, 0.05) is 19.0 Å². The molecule has 1 saturated heterocycles. The summed E-state index contributed by atoms with van der Waals surface area (Å²) in [5.41, 5.74) is 0.668. The average molecular weight is 738 g/mol. The lowest BCUT2D eigenvalue weighted by molar-refractivity contribution is -0.383. The van der Waals surface area contributed by atoms with Gasteiger partial charge in [0.1, 0.15) is 24.4 Å². The molecule has 0 aliphatic carbocycles. The van der Waals surface area contributed by atoms with Gasteiger partial charge in [0.05, 0.1) is 36.0 Å². The average Bonchev–Trinajstić information content (AvgIpc) is 3.63. The van der Waals surface area contributed by atoms with E-state index in [2.05, 4.69) is 32.5 Å². The van der Waals surface area contributed by atoms with Crippen LogP contribution in [0, 0.1) is 10.1 Å². The van der Waals surface area contributed by atoms with E-state index in [1.165, 1.54) is 63.9 Å². The third kappa shape index (κ3) is 14.3. The monoisotopic (exact) mass is 737 g/mol. The molecule has 294 valence electrons. The molecule has 1 amide bonds. The highest BCUT2D eigenvalue weighted by molar-refractivity contribution is 5.93. The van der Waals surface area contributed by atoms with Crippen LogP contribution in [-0.4, -0.2) is 109 Å². The van der Waals surface area contributed by atoms with Crippen molar-refractivity contribution in [3.63, 3.8) is 0 Å². The lowest BCUT2D eigenvalue weighted by Gasteiger charge is -2.40. The van der Waals surface area contributed by atoms with Crippen LogP contribution in [0.4, 0.5) is 11.4 Å². The fourth-order valence-electron chi connectivity index (χ4n) is 6.16. The Kier molecular flexibility index (Phi) is 20.0. The van der Waals surface area contributed by atoms with Crippen molar-refractivity contribution in [2.75, 3.05) is 25.1 Å². The van der Waals surface area contributed by atoms with Gasteiger partial charge in [-0.2, -0.15) is 0 Å². The molecule has 3 rings (SSSR count). The van der Waals surface area contributed by atoms with E-state index in [0.717, 1.165) is 19.3 Å². The van der Waals surface area contributed by atoms with Crippen LogP contribution in [-0.2, 0) is 14.3 Å². The van der Waals surface area contributed by atoms with Crippen LogP contribution in [0.3, 0.4) is 0 Å². The maximum absolute atomic E-state index is 12.9. The first-order chi connectivity index (χ1) is 25.2. The second-order valence-electron chi connectivity index (χ2n) is 13.5. The van der Waals surface area contributed by atoms with E-state index < -0.39 is 54.4 Å². The Morgan fingerprint density at radius 2 is 1.60 bits per heavy atom. The third-order valence-corrected chi connectivity index (χ3v) is 9.34. The molecule has 0 radical (unpaired) electrons. The molecule has 1 aliphatic heterocycles. The van der Waals surface area contributed by atoms with Crippen LogP contribution in [0.15, 0.2) is 28.9 Å². The molecule has 0 saturated carbocycles. The molecule has 2 heterocycles. The zero-order chi connectivity index (χ0) is 37.7. The standard InChI is InChI=1S/C36H59N5O11/c1-2-3-4-5-6-7-8-9-10-11-12-13-15-18-28(43)26(24-50-36-35(47)34(46)33(45)29(23-42)51-36)38-30(44)19-16-14-17-22-37-25-20-21-27(41(48)49)32-31(25)39-52-40-32/h15,18,20-21,26,28-29,33-37,42-43,45-47H,2-14,16-17,19,22-24H2,1H3,(H,38,44)/t26-,28+,29+,33+,34-,35+,36+/m0/s1. The molecule has 0 unspecified atom stereocenters. The lowest BCUT2D eigenvalue weighted by Crippen LogP contribution is -2.60. The number of hydrogen-bond donors (Lipinski definition) is 7. The Bertz CT molecular complexity index is 1340. The van der Waals surface area contributed by atoms with Gasteiger partial charge in [-0.1, -0.05) is 89.7 Å². The van der Waals surface area contributed by atoms with Gasteiger partial charge in [-0.05, 0) is 42.1 Å². The van der Waals surface area contributed by atoms with Gasteiger partial charge in [-0.25, -0.2) is 4.63 Å². The van der Waals surface area contributed by atoms with Crippen molar-refractivity contribution in [1.82, 2.24) is 15.6 Å². The number of non-ortho nitro benzene ring substituents is 1. The third-order valence-electron chi connectivity index (χ3n) is 9.34. The normalized spacial score (nSPS) is 21.8. The number of ether oxygens (including phenoxy) is 2.